The Morgan fingerprint density at radius 1 is 1.21 bits per heavy atom. The average Bonchev–Trinajstić information content (AvgIpc) is 3.12. The number of halogens is 3. The Hall–Kier alpha value is -3.65. The van der Waals surface area contributed by atoms with E-state index in [0.717, 1.165) is 30.4 Å². The normalized spacial score (nSPS) is 14.4. The predicted octanol–water partition coefficient (Wildman–Crippen LogP) is 0.0806. The molecule has 1 aromatic heterocycles. The van der Waals surface area contributed by atoms with Crippen molar-refractivity contribution >= 4 is 34.7 Å². The Bertz CT molecular complexity index is 1080. The van der Waals surface area contributed by atoms with Gasteiger partial charge in [0, 0.05) is 41.7 Å². The fraction of sp³-hybridized carbons (Fsp3) is 0.400. The number of hydrogen-bond acceptors (Lipinski definition) is 6. The molecule has 6 N–H and O–H groups in total. The molecule has 2 heterocycles. The smallest absolute Gasteiger partial charge is 0.480 e. The lowest BCUT2D eigenvalue weighted by Gasteiger charge is -2.22. The number of likely N-dealkylation sites (N-methyl/N-ethyl adjacent to an activating group) is 1. The van der Waals surface area contributed by atoms with Gasteiger partial charge >= 0.3 is 18.1 Å². The summed E-state index contributed by atoms with van der Waals surface area (Å²) in [6.45, 7) is 0.682. The Morgan fingerprint density at radius 2 is 1.85 bits per heavy atom. The van der Waals surface area contributed by atoms with Crippen molar-refractivity contribution in [3.8, 4) is 0 Å². The maximum Gasteiger partial charge on any atom is 0.490 e. The first-order chi connectivity index (χ1) is 15.8. The molecule has 1 aliphatic heterocycles. The van der Waals surface area contributed by atoms with E-state index in [2.05, 4.69) is 20.5 Å². The number of carboxylic acids is 2. The molecule has 0 aliphatic carbocycles. The summed E-state index contributed by atoms with van der Waals surface area (Å²) < 4.78 is 31.7. The van der Waals surface area contributed by atoms with E-state index in [0.29, 0.717) is 5.56 Å². The molecule has 0 fully saturated rings. The molecule has 0 unspecified atom stereocenters. The van der Waals surface area contributed by atoms with Crippen LogP contribution in [0.4, 0.5) is 13.2 Å². The number of rotatable bonds is 6. The third-order valence-corrected chi connectivity index (χ3v) is 4.90. The number of hydrogen-bond donors (Lipinski definition) is 6. The molecule has 14 heteroatoms. The minimum Gasteiger partial charge on any atom is -0.480 e. The van der Waals surface area contributed by atoms with Gasteiger partial charge in [0.15, 0.2) is 0 Å². The van der Waals surface area contributed by atoms with E-state index in [4.69, 9.17) is 20.1 Å². The maximum absolute atomic E-state index is 12.4. The SMILES string of the molecule is CN1CCc2[nH]c3ccc(C(=O)NCC(=O)N[C@@H](CO)C(=O)O)cc3c2C1.O=C(O)C(F)(F)F. The molecule has 0 radical (unpaired) electrons. The molecular formula is C20H23F3N4O7. The van der Waals surface area contributed by atoms with Crippen LogP contribution in [0.1, 0.15) is 21.6 Å². The predicted molar refractivity (Wildman–Crippen MR) is 111 cm³/mol. The van der Waals surface area contributed by atoms with E-state index in [9.17, 15) is 27.6 Å². The van der Waals surface area contributed by atoms with E-state index in [-0.39, 0.29) is 6.54 Å². The Balaban J connectivity index is 0.000000509. The number of benzene rings is 1. The zero-order chi connectivity index (χ0) is 25.6. The van der Waals surface area contributed by atoms with Crippen LogP contribution in [0.2, 0.25) is 0 Å². The number of aromatic amines is 1. The van der Waals surface area contributed by atoms with Crippen molar-refractivity contribution in [1.29, 1.82) is 0 Å². The van der Waals surface area contributed by atoms with Crippen LogP contribution in [0, 0.1) is 0 Å². The quantitative estimate of drug-likeness (QED) is 0.332. The highest BCUT2D eigenvalue weighted by Crippen LogP contribution is 2.28. The van der Waals surface area contributed by atoms with Gasteiger partial charge in [-0.3, -0.25) is 9.59 Å². The number of carbonyl (C=O) groups excluding carboxylic acids is 2. The second kappa shape index (κ2) is 11.0. The summed E-state index contributed by atoms with van der Waals surface area (Å²) in [4.78, 5) is 49.4. The molecule has 0 bridgehead atoms. The molecule has 1 aromatic carbocycles. The lowest BCUT2D eigenvalue weighted by atomic mass is 10.0. The minimum absolute atomic E-state index is 0.380. The van der Waals surface area contributed by atoms with E-state index < -0.39 is 42.6 Å². The van der Waals surface area contributed by atoms with Crippen molar-refractivity contribution < 1.29 is 47.7 Å². The van der Waals surface area contributed by atoms with E-state index in [1.54, 1.807) is 12.1 Å². The third-order valence-electron chi connectivity index (χ3n) is 4.90. The number of aromatic nitrogens is 1. The summed E-state index contributed by atoms with van der Waals surface area (Å²) in [6, 6.07) is 3.92. The van der Waals surface area contributed by atoms with E-state index in [1.165, 1.54) is 11.3 Å². The summed E-state index contributed by atoms with van der Waals surface area (Å²) in [6.07, 6.45) is -4.15. The number of aliphatic hydroxyl groups excluding tert-OH is 1. The molecule has 0 saturated heterocycles. The van der Waals surface area contributed by atoms with Gasteiger partial charge in [0.1, 0.15) is 6.04 Å². The van der Waals surface area contributed by atoms with E-state index >= 15 is 0 Å². The minimum atomic E-state index is -5.08. The van der Waals surface area contributed by atoms with Crippen LogP contribution in [-0.2, 0) is 27.3 Å². The van der Waals surface area contributed by atoms with Gasteiger partial charge in [-0.2, -0.15) is 13.2 Å². The lowest BCUT2D eigenvalue weighted by Crippen LogP contribution is -2.47. The molecule has 34 heavy (non-hydrogen) atoms. The van der Waals surface area contributed by atoms with Crippen LogP contribution in [0.3, 0.4) is 0 Å². The van der Waals surface area contributed by atoms with Gasteiger partial charge in [0.2, 0.25) is 5.91 Å². The van der Waals surface area contributed by atoms with Crippen LogP contribution >= 0.6 is 0 Å². The zero-order valence-corrected chi connectivity index (χ0v) is 17.9. The number of aliphatic hydroxyl groups is 1. The molecule has 11 nitrogen and oxygen atoms in total. The summed E-state index contributed by atoms with van der Waals surface area (Å²) in [5.74, 6) is -5.22. The number of carboxylic acid groups (broad SMARTS) is 2. The number of fused-ring (bicyclic) bond motifs is 3. The number of nitrogens with one attached hydrogen (secondary N) is 3. The van der Waals surface area contributed by atoms with Crippen LogP contribution in [-0.4, -0.2) is 87.9 Å². The first kappa shape index (κ1) is 26.6. The second-order valence-corrected chi connectivity index (χ2v) is 7.46. The number of amides is 2. The highest BCUT2D eigenvalue weighted by atomic mass is 19.4. The van der Waals surface area contributed by atoms with Crippen LogP contribution in [0.15, 0.2) is 18.2 Å². The van der Waals surface area contributed by atoms with Gasteiger partial charge < -0.3 is 35.8 Å². The van der Waals surface area contributed by atoms with Crippen LogP contribution in [0.5, 0.6) is 0 Å². The molecule has 1 atom stereocenters. The topological polar surface area (TPSA) is 172 Å². The third kappa shape index (κ3) is 6.92. The first-order valence-corrected chi connectivity index (χ1v) is 9.86. The summed E-state index contributed by atoms with van der Waals surface area (Å²) >= 11 is 0. The summed E-state index contributed by atoms with van der Waals surface area (Å²) in [5.41, 5.74) is 3.75. The number of H-pyrrole nitrogens is 1. The Kier molecular flexibility index (Phi) is 8.59. The monoisotopic (exact) mass is 488 g/mol. The molecule has 2 amide bonds. The number of nitrogens with zero attached hydrogens (tertiary/aromatic N) is 1. The molecule has 3 rings (SSSR count). The highest BCUT2D eigenvalue weighted by Gasteiger charge is 2.38. The van der Waals surface area contributed by atoms with Gasteiger partial charge in [-0.25, -0.2) is 9.59 Å². The number of aliphatic carboxylic acids is 2. The van der Waals surface area contributed by atoms with Crippen molar-refractivity contribution in [2.24, 2.45) is 0 Å². The van der Waals surface area contributed by atoms with E-state index in [1.807, 2.05) is 13.1 Å². The van der Waals surface area contributed by atoms with Crippen LogP contribution < -0.4 is 10.6 Å². The summed E-state index contributed by atoms with van der Waals surface area (Å²) in [7, 11) is 2.05. The maximum atomic E-state index is 12.4. The van der Waals surface area contributed by atoms with Gasteiger partial charge in [0.05, 0.1) is 13.2 Å². The fourth-order valence-corrected chi connectivity index (χ4v) is 3.18. The number of carbonyl (C=O) groups is 4. The number of alkyl halides is 3. The molecule has 0 spiro atoms. The fourth-order valence-electron chi connectivity index (χ4n) is 3.18. The highest BCUT2D eigenvalue weighted by molar-refractivity contribution is 6.00. The Morgan fingerprint density at radius 3 is 2.41 bits per heavy atom. The van der Waals surface area contributed by atoms with Crippen molar-refractivity contribution in [2.75, 3.05) is 26.7 Å². The zero-order valence-electron chi connectivity index (χ0n) is 17.9. The van der Waals surface area contributed by atoms with Crippen molar-refractivity contribution in [3.05, 3.63) is 35.0 Å². The summed E-state index contributed by atoms with van der Waals surface area (Å²) in [5, 5.41) is 30.4. The standard InChI is InChI=1S/C18H22N4O5.C2HF3O2/c1-22-5-4-14-12(8-22)11-6-10(2-3-13(11)20-14)17(25)19-7-16(24)21-15(9-23)18(26)27;3-2(4,5)1(6)7/h2-3,6,15,20,23H,4-5,7-9H2,1H3,(H,19,25)(H,21,24)(H,26,27);(H,6,7)/t15-;/m0./s1. The van der Waals surface area contributed by atoms with Crippen molar-refractivity contribution in [2.45, 2.75) is 25.2 Å². The molecule has 1 aliphatic rings. The Labute approximate surface area is 190 Å². The van der Waals surface area contributed by atoms with Gasteiger partial charge in [-0.1, -0.05) is 0 Å². The van der Waals surface area contributed by atoms with Crippen molar-refractivity contribution in [1.82, 2.24) is 20.5 Å². The molecule has 2 aromatic rings. The van der Waals surface area contributed by atoms with Crippen LogP contribution in [0.25, 0.3) is 10.9 Å². The molecule has 0 saturated carbocycles. The van der Waals surface area contributed by atoms with Gasteiger partial charge in [-0.05, 0) is 30.8 Å². The van der Waals surface area contributed by atoms with Crippen molar-refractivity contribution in [3.63, 3.8) is 0 Å². The molecular weight excluding hydrogens is 465 g/mol. The van der Waals surface area contributed by atoms with Gasteiger partial charge in [-0.15, -0.1) is 0 Å². The van der Waals surface area contributed by atoms with Gasteiger partial charge in [0.25, 0.3) is 5.91 Å². The average molecular weight is 488 g/mol. The molecule has 186 valence electrons. The largest absolute Gasteiger partial charge is 0.490 e. The second-order valence-electron chi connectivity index (χ2n) is 7.46. The lowest BCUT2D eigenvalue weighted by molar-refractivity contribution is -0.192. The first-order valence-electron chi connectivity index (χ1n) is 9.86.